The van der Waals surface area contributed by atoms with Gasteiger partial charge in [-0.15, -0.1) is 0 Å². The van der Waals surface area contributed by atoms with E-state index in [1.807, 2.05) is 45.0 Å². The van der Waals surface area contributed by atoms with Gasteiger partial charge in [-0.05, 0) is 45.7 Å². The number of amides is 2. The first-order chi connectivity index (χ1) is 11.5. The van der Waals surface area contributed by atoms with E-state index in [-0.39, 0.29) is 24.7 Å². The number of rotatable bonds is 8. The lowest BCUT2D eigenvalue weighted by atomic mass is 10.2. The van der Waals surface area contributed by atoms with Crippen LogP contribution in [-0.4, -0.2) is 30.4 Å². The molecule has 2 rings (SSSR count). The van der Waals surface area contributed by atoms with E-state index in [1.165, 1.54) is 0 Å². The third-order valence-electron chi connectivity index (χ3n) is 3.77. The van der Waals surface area contributed by atoms with Crippen LogP contribution >= 0.6 is 0 Å². The van der Waals surface area contributed by atoms with Crippen molar-refractivity contribution in [3.63, 3.8) is 0 Å². The highest BCUT2D eigenvalue weighted by Crippen LogP contribution is 2.31. The molecule has 0 saturated heterocycles. The van der Waals surface area contributed by atoms with E-state index in [1.54, 1.807) is 0 Å². The SMILES string of the molecule is CCOc1cccc2cc(C(C)NC(=O)NC(C)CCCO)oc12. The van der Waals surface area contributed by atoms with Crippen LogP contribution in [0.5, 0.6) is 5.75 Å². The van der Waals surface area contributed by atoms with E-state index in [0.717, 1.165) is 11.8 Å². The van der Waals surface area contributed by atoms with Gasteiger partial charge in [-0.3, -0.25) is 0 Å². The second kappa shape index (κ2) is 8.59. The minimum Gasteiger partial charge on any atom is -0.490 e. The summed E-state index contributed by atoms with van der Waals surface area (Å²) >= 11 is 0. The van der Waals surface area contributed by atoms with Crippen molar-refractivity contribution in [1.82, 2.24) is 10.6 Å². The molecular weight excluding hydrogens is 308 g/mol. The number of carbonyl (C=O) groups is 1. The molecule has 6 heteroatoms. The van der Waals surface area contributed by atoms with Crippen molar-refractivity contribution in [2.45, 2.75) is 45.7 Å². The highest BCUT2D eigenvalue weighted by atomic mass is 16.5. The highest BCUT2D eigenvalue weighted by Gasteiger charge is 2.17. The second-order valence-corrected chi connectivity index (χ2v) is 5.86. The Morgan fingerprint density at radius 3 is 2.83 bits per heavy atom. The lowest BCUT2D eigenvalue weighted by molar-refractivity contribution is 0.230. The van der Waals surface area contributed by atoms with Crippen LogP contribution in [0.1, 0.15) is 45.4 Å². The average molecular weight is 334 g/mol. The molecule has 2 amide bonds. The van der Waals surface area contributed by atoms with Gasteiger partial charge in [0.2, 0.25) is 0 Å². The third kappa shape index (κ3) is 4.64. The zero-order chi connectivity index (χ0) is 17.5. The summed E-state index contributed by atoms with van der Waals surface area (Å²) < 4.78 is 11.5. The van der Waals surface area contributed by atoms with E-state index in [0.29, 0.717) is 30.1 Å². The molecule has 24 heavy (non-hydrogen) atoms. The standard InChI is InChI=1S/C18H26N2O4/c1-4-23-15-9-5-8-14-11-16(24-17(14)15)13(3)20-18(22)19-12(2)7-6-10-21/h5,8-9,11-13,21H,4,6-7,10H2,1-3H3,(H2,19,20,22). The van der Waals surface area contributed by atoms with Gasteiger partial charge in [0.25, 0.3) is 0 Å². The maximum atomic E-state index is 12.0. The van der Waals surface area contributed by atoms with Crippen molar-refractivity contribution >= 4 is 17.0 Å². The molecule has 0 radical (unpaired) electrons. The summed E-state index contributed by atoms with van der Waals surface area (Å²) in [5.41, 5.74) is 0.694. The number of nitrogens with one attached hydrogen (secondary N) is 2. The number of carbonyl (C=O) groups excluding carboxylic acids is 1. The van der Waals surface area contributed by atoms with Crippen LogP contribution in [0.3, 0.4) is 0 Å². The summed E-state index contributed by atoms with van der Waals surface area (Å²) in [7, 11) is 0. The number of para-hydroxylation sites is 1. The van der Waals surface area contributed by atoms with Gasteiger partial charge in [0.15, 0.2) is 11.3 Å². The molecular formula is C18H26N2O4. The number of aliphatic hydroxyl groups excluding tert-OH is 1. The normalized spacial score (nSPS) is 13.5. The Kier molecular flexibility index (Phi) is 6.49. The molecule has 0 aliphatic carbocycles. The van der Waals surface area contributed by atoms with Crippen LogP contribution in [-0.2, 0) is 0 Å². The van der Waals surface area contributed by atoms with Crippen LogP contribution in [0.15, 0.2) is 28.7 Å². The molecule has 6 nitrogen and oxygen atoms in total. The Hall–Kier alpha value is -2.21. The molecule has 132 valence electrons. The summed E-state index contributed by atoms with van der Waals surface area (Å²) in [6.07, 6.45) is 1.40. The topological polar surface area (TPSA) is 83.7 Å². The lowest BCUT2D eigenvalue weighted by Gasteiger charge is -2.16. The lowest BCUT2D eigenvalue weighted by Crippen LogP contribution is -2.41. The largest absolute Gasteiger partial charge is 0.490 e. The van der Waals surface area contributed by atoms with E-state index in [2.05, 4.69) is 10.6 Å². The summed E-state index contributed by atoms with van der Waals surface area (Å²) in [5.74, 6) is 1.38. The molecule has 1 aromatic heterocycles. The van der Waals surface area contributed by atoms with E-state index < -0.39 is 0 Å². The number of fused-ring (bicyclic) bond motifs is 1. The molecule has 0 fully saturated rings. The van der Waals surface area contributed by atoms with E-state index in [4.69, 9.17) is 14.3 Å². The zero-order valence-corrected chi connectivity index (χ0v) is 14.5. The molecule has 0 bridgehead atoms. The molecule has 0 aliphatic heterocycles. The molecule has 2 unspecified atom stereocenters. The summed E-state index contributed by atoms with van der Waals surface area (Å²) in [5, 5.41) is 15.5. The van der Waals surface area contributed by atoms with E-state index in [9.17, 15) is 4.79 Å². The second-order valence-electron chi connectivity index (χ2n) is 5.86. The number of urea groups is 1. The van der Waals surface area contributed by atoms with Gasteiger partial charge in [0.05, 0.1) is 12.6 Å². The van der Waals surface area contributed by atoms with E-state index >= 15 is 0 Å². The molecule has 0 spiro atoms. The number of hydrogen-bond donors (Lipinski definition) is 3. The summed E-state index contributed by atoms with van der Waals surface area (Å²) in [6, 6.07) is 7.14. The Balaban J connectivity index is 2.01. The Morgan fingerprint density at radius 1 is 1.33 bits per heavy atom. The fourth-order valence-electron chi connectivity index (χ4n) is 2.54. The molecule has 2 aromatic rings. The summed E-state index contributed by atoms with van der Waals surface area (Å²) in [6.45, 7) is 6.41. The van der Waals surface area contributed by atoms with Crippen molar-refractivity contribution in [1.29, 1.82) is 0 Å². The maximum Gasteiger partial charge on any atom is 0.315 e. The first kappa shape index (κ1) is 18.1. The predicted octanol–water partition coefficient (Wildman–Crippen LogP) is 3.35. The minimum atomic E-state index is -0.267. The smallest absolute Gasteiger partial charge is 0.315 e. The van der Waals surface area contributed by atoms with Crippen LogP contribution < -0.4 is 15.4 Å². The van der Waals surface area contributed by atoms with Crippen molar-refractivity contribution in [3.8, 4) is 5.75 Å². The van der Waals surface area contributed by atoms with Gasteiger partial charge in [-0.2, -0.15) is 0 Å². The fourth-order valence-corrected chi connectivity index (χ4v) is 2.54. The molecule has 3 N–H and O–H groups in total. The van der Waals surface area contributed by atoms with Crippen molar-refractivity contribution < 1.29 is 19.1 Å². The first-order valence-electron chi connectivity index (χ1n) is 8.38. The van der Waals surface area contributed by atoms with Crippen LogP contribution in [0, 0.1) is 0 Å². The summed E-state index contributed by atoms with van der Waals surface area (Å²) in [4.78, 5) is 12.0. The Labute approximate surface area is 142 Å². The quantitative estimate of drug-likeness (QED) is 0.691. The Bertz CT molecular complexity index is 668. The molecule has 1 aromatic carbocycles. The number of furan rings is 1. The van der Waals surface area contributed by atoms with Gasteiger partial charge in [0, 0.05) is 18.0 Å². The maximum absolute atomic E-state index is 12.0. The molecule has 0 aliphatic rings. The van der Waals surface area contributed by atoms with Crippen molar-refractivity contribution in [2.75, 3.05) is 13.2 Å². The van der Waals surface area contributed by atoms with Gasteiger partial charge in [-0.1, -0.05) is 12.1 Å². The van der Waals surface area contributed by atoms with Crippen molar-refractivity contribution in [3.05, 3.63) is 30.0 Å². The number of aliphatic hydroxyl groups is 1. The first-order valence-corrected chi connectivity index (χ1v) is 8.38. The number of hydrogen-bond acceptors (Lipinski definition) is 4. The van der Waals surface area contributed by atoms with Gasteiger partial charge in [0.1, 0.15) is 5.76 Å². The minimum absolute atomic E-state index is 0.00424. The third-order valence-corrected chi connectivity index (χ3v) is 3.77. The average Bonchev–Trinajstić information content (AvgIpc) is 2.98. The number of benzene rings is 1. The molecule has 1 heterocycles. The van der Waals surface area contributed by atoms with Crippen LogP contribution in [0.25, 0.3) is 11.0 Å². The highest BCUT2D eigenvalue weighted by molar-refractivity contribution is 5.84. The zero-order valence-electron chi connectivity index (χ0n) is 14.5. The monoisotopic (exact) mass is 334 g/mol. The van der Waals surface area contributed by atoms with Gasteiger partial charge in [-0.25, -0.2) is 4.79 Å². The molecule has 0 saturated carbocycles. The van der Waals surface area contributed by atoms with Gasteiger partial charge < -0.3 is 24.9 Å². The molecule has 2 atom stereocenters. The van der Waals surface area contributed by atoms with Crippen LogP contribution in [0.4, 0.5) is 4.79 Å². The number of ether oxygens (including phenoxy) is 1. The van der Waals surface area contributed by atoms with Gasteiger partial charge >= 0.3 is 6.03 Å². The fraction of sp³-hybridized carbons (Fsp3) is 0.500. The van der Waals surface area contributed by atoms with Crippen LogP contribution in [0.2, 0.25) is 0 Å². The Morgan fingerprint density at radius 2 is 2.12 bits per heavy atom. The van der Waals surface area contributed by atoms with Crippen molar-refractivity contribution in [2.24, 2.45) is 0 Å². The predicted molar refractivity (Wildman–Crippen MR) is 93.2 cm³/mol.